The normalized spacial score (nSPS) is 33.3. The van der Waals surface area contributed by atoms with Crippen molar-refractivity contribution in [2.45, 2.75) is 58.2 Å². The highest BCUT2D eigenvalue weighted by molar-refractivity contribution is 5.85. The van der Waals surface area contributed by atoms with Crippen LogP contribution in [0.4, 0.5) is 0 Å². The zero-order chi connectivity index (χ0) is 12.5. The second-order valence-corrected chi connectivity index (χ2v) is 6.61. The minimum absolute atomic E-state index is 0. The minimum Gasteiger partial charge on any atom is -0.359 e. The summed E-state index contributed by atoms with van der Waals surface area (Å²) in [5.74, 6) is 0.823. The number of halogens is 1. The molecule has 18 heavy (non-hydrogen) atoms. The van der Waals surface area contributed by atoms with Crippen molar-refractivity contribution in [3.63, 3.8) is 0 Å². The molecular formula is C14H29ClN2O. The number of likely N-dealkylation sites (tertiary alicyclic amines) is 1. The molecule has 0 radical (unpaired) electrons. The van der Waals surface area contributed by atoms with E-state index in [4.69, 9.17) is 4.74 Å². The summed E-state index contributed by atoms with van der Waals surface area (Å²) in [4.78, 5) is 2.55. The van der Waals surface area contributed by atoms with Gasteiger partial charge in [0, 0.05) is 5.54 Å². The second-order valence-electron chi connectivity index (χ2n) is 6.61. The Kier molecular flexibility index (Phi) is 5.48. The fraction of sp³-hybridized carbons (Fsp3) is 1.00. The summed E-state index contributed by atoms with van der Waals surface area (Å²) in [5, 5.41) is 3.64. The van der Waals surface area contributed by atoms with Gasteiger partial charge in [0.15, 0.2) is 0 Å². The topological polar surface area (TPSA) is 24.5 Å². The number of nitrogens with one attached hydrogen (secondary N) is 1. The average Bonchev–Trinajstić information content (AvgIpc) is 2.54. The van der Waals surface area contributed by atoms with E-state index in [2.05, 4.69) is 37.9 Å². The fourth-order valence-corrected chi connectivity index (χ4v) is 3.30. The lowest BCUT2D eigenvalue weighted by atomic mass is 9.88. The van der Waals surface area contributed by atoms with Gasteiger partial charge in [0.05, 0.1) is 6.61 Å². The Morgan fingerprint density at radius 2 is 1.83 bits per heavy atom. The third kappa shape index (κ3) is 4.09. The van der Waals surface area contributed by atoms with E-state index < -0.39 is 0 Å². The highest BCUT2D eigenvalue weighted by Gasteiger charge is 2.41. The highest BCUT2D eigenvalue weighted by atomic mass is 35.5. The van der Waals surface area contributed by atoms with Crippen LogP contribution < -0.4 is 5.32 Å². The predicted octanol–water partition coefficient (Wildman–Crippen LogP) is 2.64. The van der Waals surface area contributed by atoms with Crippen molar-refractivity contribution >= 4 is 12.4 Å². The van der Waals surface area contributed by atoms with E-state index in [0.29, 0.717) is 0 Å². The van der Waals surface area contributed by atoms with Crippen molar-refractivity contribution in [3.05, 3.63) is 0 Å². The smallest absolute Gasteiger partial charge is 0.117 e. The van der Waals surface area contributed by atoms with Gasteiger partial charge in [-0.2, -0.15) is 0 Å². The molecule has 2 saturated heterocycles. The summed E-state index contributed by atoms with van der Waals surface area (Å²) < 4.78 is 5.99. The molecule has 0 spiro atoms. The minimum atomic E-state index is -0.0947. The number of ether oxygens (including phenoxy) is 1. The molecular weight excluding hydrogens is 248 g/mol. The standard InChI is InChI=1S/C14H28N2O.ClH/c1-5-16-8-6-12(7-9-16)10-14(4)15-13(2,3)11-17-14;/h12,15H,5-11H2,1-4H3;1H. The molecule has 1 atom stereocenters. The van der Waals surface area contributed by atoms with Crippen LogP contribution in [0.15, 0.2) is 0 Å². The summed E-state index contributed by atoms with van der Waals surface area (Å²) >= 11 is 0. The molecule has 2 aliphatic heterocycles. The first-order valence-corrected chi connectivity index (χ1v) is 7.08. The van der Waals surface area contributed by atoms with Crippen LogP contribution in [0.2, 0.25) is 0 Å². The summed E-state index contributed by atoms with van der Waals surface area (Å²) in [5.41, 5.74) is 0.0431. The monoisotopic (exact) mass is 276 g/mol. The van der Waals surface area contributed by atoms with Gasteiger partial charge in [0.25, 0.3) is 0 Å². The van der Waals surface area contributed by atoms with Crippen molar-refractivity contribution < 1.29 is 4.74 Å². The number of hydrogen-bond acceptors (Lipinski definition) is 3. The van der Waals surface area contributed by atoms with Gasteiger partial charge in [-0.05, 0) is 65.6 Å². The molecule has 1 N–H and O–H groups in total. The van der Waals surface area contributed by atoms with Gasteiger partial charge in [0.2, 0.25) is 0 Å². The van der Waals surface area contributed by atoms with Gasteiger partial charge in [-0.15, -0.1) is 12.4 Å². The van der Waals surface area contributed by atoms with Crippen LogP contribution in [-0.2, 0) is 4.74 Å². The van der Waals surface area contributed by atoms with Crippen LogP contribution in [0, 0.1) is 5.92 Å². The van der Waals surface area contributed by atoms with E-state index >= 15 is 0 Å². The Hall–Kier alpha value is 0.170. The lowest BCUT2D eigenvalue weighted by Gasteiger charge is -2.36. The number of piperidine rings is 1. The summed E-state index contributed by atoms with van der Waals surface area (Å²) in [7, 11) is 0. The fourth-order valence-electron chi connectivity index (χ4n) is 3.30. The zero-order valence-corrected chi connectivity index (χ0v) is 13.1. The van der Waals surface area contributed by atoms with Crippen LogP contribution in [0.25, 0.3) is 0 Å². The van der Waals surface area contributed by atoms with E-state index in [1.54, 1.807) is 0 Å². The number of hydrogen-bond donors (Lipinski definition) is 1. The van der Waals surface area contributed by atoms with Crippen LogP contribution in [0.3, 0.4) is 0 Å². The van der Waals surface area contributed by atoms with E-state index in [-0.39, 0.29) is 23.7 Å². The molecule has 2 rings (SSSR count). The SMILES string of the molecule is CCN1CCC(CC2(C)NC(C)(C)CO2)CC1.Cl. The van der Waals surface area contributed by atoms with Gasteiger partial charge in [0.1, 0.15) is 5.72 Å². The molecule has 2 aliphatic rings. The summed E-state index contributed by atoms with van der Waals surface area (Å²) in [6.07, 6.45) is 3.82. The Morgan fingerprint density at radius 1 is 1.22 bits per heavy atom. The molecule has 0 bridgehead atoms. The molecule has 0 aliphatic carbocycles. The maximum absolute atomic E-state index is 5.99. The summed E-state index contributed by atoms with van der Waals surface area (Å²) in [6, 6.07) is 0. The molecule has 108 valence electrons. The molecule has 0 aromatic heterocycles. The van der Waals surface area contributed by atoms with Crippen molar-refractivity contribution in [1.29, 1.82) is 0 Å². The van der Waals surface area contributed by atoms with Crippen LogP contribution >= 0.6 is 12.4 Å². The Bertz CT molecular complexity index is 265. The lowest BCUT2D eigenvalue weighted by Crippen LogP contribution is -2.48. The van der Waals surface area contributed by atoms with Gasteiger partial charge in [-0.3, -0.25) is 5.32 Å². The van der Waals surface area contributed by atoms with Crippen LogP contribution in [0.5, 0.6) is 0 Å². The molecule has 0 amide bonds. The second kappa shape index (κ2) is 6.08. The largest absolute Gasteiger partial charge is 0.359 e. The zero-order valence-electron chi connectivity index (χ0n) is 12.3. The summed E-state index contributed by atoms with van der Waals surface area (Å²) in [6.45, 7) is 13.5. The number of rotatable bonds is 3. The molecule has 1 unspecified atom stereocenters. The van der Waals surface area contributed by atoms with Crippen LogP contribution in [-0.4, -0.2) is 42.4 Å². The Morgan fingerprint density at radius 3 is 2.28 bits per heavy atom. The molecule has 0 aromatic carbocycles. The van der Waals surface area contributed by atoms with Crippen molar-refractivity contribution in [3.8, 4) is 0 Å². The highest BCUT2D eigenvalue weighted by Crippen LogP contribution is 2.32. The lowest BCUT2D eigenvalue weighted by molar-refractivity contribution is -0.0207. The predicted molar refractivity (Wildman–Crippen MR) is 78.3 cm³/mol. The molecule has 2 heterocycles. The maximum atomic E-state index is 5.99. The third-order valence-corrected chi connectivity index (χ3v) is 4.19. The Labute approximate surface area is 118 Å². The van der Waals surface area contributed by atoms with Gasteiger partial charge >= 0.3 is 0 Å². The maximum Gasteiger partial charge on any atom is 0.117 e. The van der Waals surface area contributed by atoms with Gasteiger partial charge in [-0.25, -0.2) is 0 Å². The van der Waals surface area contributed by atoms with Crippen LogP contribution in [0.1, 0.15) is 47.0 Å². The van der Waals surface area contributed by atoms with E-state index in [1.807, 2.05) is 0 Å². The number of nitrogens with zero attached hydrogens (tertiary/aromatic N) is 1. The molecule has 0 aromatic rings. The molecule has 2 fully saturated rings. The van der Waals surface area contributed by atoms with Gasteiger partial charge < -0.3 is 9.64 Å². The Balaban J connectivity index is 0.00000162. The average molecular weight is 277 g/mol. The van der Waals surface area contributed by atoms with Crippen molar-refractivity contribution in [2.75, 3.05) is 26.2 Å². The van der Waals surface area contributed by atoms with E-state index in [1.165, 1.54) is 32.5 Å². The van der Waals surface area contributed by atoms with E-state index in [9.17, 15) is 0 Å². The third-order valence-electron chi connectivity index (χ3n) is 4.19. The first-order valence-electron chi connectivity index (χ1n) is 7.08. The molecule has 4 heteroatoms. The van der Waals surface area contributed by atoms with Crippen molar-refractivity contribution in [1.82, 2.24) is 10.2 Å². The van der Waals surface area contributed by atoms with Crippen molar-refractivity contribution in [2.24, 2.45) is 5.92 Å². The van der Waals surface area contributed by atoms with E-state index in [0.717, 1.165) is 18.9 Å². The molecule has 3 nitrogen and oxygen atoms in total. The quantitative estimate of drug-likeness (QED) is 0.858. The van der Waals surface area contributed by atoms with Gasteiger partial charge in [-0.1, -0.05) is 6.92 Å². The first kappa shape index (κ1) is 16.2. The molecule has 0 saturated carbocycles. The first-order chi connectivity index (χ1) is 7.92.